The number of nitrogens with zero attached hydrogens (tertiary/aromatic N) is 3. The molecule has 3 rings (SSSR count). The van der Waals surface area contributed by atoms with E-state index in [4.69, 9.17) is 10.5 Å². The van der Waals surface area contributed by atoms with E-state index >= 15 is 0 Å². The highest BCUT2D eigenvalue weighted by Gasteiger charge is 2.32. The van der Waals surface area contributed by atoms with Crippen molar-refractivity contribution in [2.24, 2.45) is 10.7 Å². The van der Waals surface area contributed by atoms with E-state index in [-0.39, 0.29) is 28.7 Å². The van der Waals surface area contributed by atoms with Gasteiger partial charge in [-0.1, -0.05) is 0 Å². The lowest BCUT2D eigenvalue weighted by atomic mass is 9.90. The van der Waals surface area contributed by atoms with E-state index < -0.39 is 30.5 Å². The number of nitrogens with one attached hydrogen (secondary N) is 1. The predicted molar refractivity (Wildman–Crippen MR) is 92.0 cm³/mol. The second-order valence-corrected chi connectivity index (χ2v) is 6.05. The zero-order valence-corrected chi connectivity index (χ0v) is 14.5. The topological polar surface area (TPSA) is 94.5 Å². The Morgan fingerprint density at radius 3 is 2.79 bits per heavy atom. The van der Waals surface area contributed by atoms with Crippen molar-refractivity contribution in [1.29, 1.82) is 0 Å². The summed E-state index contributed by atoms with van der Waals surface area (Å²) in [5.74, 6) is -1.56. The van der Waals surface area contributed by atoms with Crippen LogP contribution < -0.4 is 11.1 Å². The summed E-state index contributed by atoms with van der Waals surface area (Å²) in [7, 11) is 0. The van der Waals surface area contributed by atoms with Gasteiger partial charge in [0.15, 0.2) is 5.69 Å². The molecule has 0 saturated heterocycles. The number of anilines is 1. The van der Waals surface area contributed by atoms with Gasteiger partial charge >= 0.3 is 6.55 Å². The number of hydrogen-bond donors (Lipinski definition) is 2. The van der Waals surface area contributed by atoms with Crippen molar-refractivity contribution in [3.8, 4) is 0 Å². The average molecular weight is 397 g/mol. The molecule has 0 bridgehead atoms. The van der Waals surface area contributed by atoms with Crippen LogP contribution in [0.1, 0.15) is 29.5 Å². The number of ether oxygens (including phenoxy) is 1. The molecule has 0 unspecified atom stereocenters. The minimum absolute atomic E-state index is 0.000565. The highest BCUT2D eigenvalue weighted by atomic mass is 19.3. The summed E-state index contributed by atoms with van der Waals surface area (Å²) >= 11 is 0. The van der Waals surface area contributed by atoms with E-state index in [1.807, 2.05) is 0 Å². The standard InChI is InChI=1S/C17H15F4N5O2/c1-17(7-10(8-18)28-16(22)24-17)11-6-9(2-3-12(11)19)23-14(27)13-4-5-26(25-13)15(20)21/h2-7,15H,8H2,1H3,(H2,22,24)(H,23,27)/t17-/m0/s1. The van der Waals surface area contributed by atoms with Crippen LogP contribution in [-0.2, 0) is 10.3 Å². The van der Waals surface area contributed by atoms with Gasteiger partial charge in [0.25, 0.3) is 11.9 Å². The van der Waals surface area contributed by atoms with Crippen molar-refractivity contribution in [2.45, 2.75) is 19.0 Å². The number of halogens is 4. The van der Waals surface area contributed by atoms with Gasteiger partial charge in [0.1, 0.15) is 23.8 Å². The quantitative estimate of drug-likeness (QED) is 0.758. The van der Waals surface area contributed by atoms with Crippen molar-refractivity contribution in [3.05, 3.63) is 59.4 Å². The SMILES string of the molecule is C[C@@]1(c2cc(NC(=O)c3ccn(C(F)F)n3)ccc2F)C=C(CF)OC(N)=N1. The number of benzene rings is 1. The molecule has 0 saturated carbocycles. The van der Waals surface area contributed by atoms with Crippen molar-refractivity contribution < 1.29 is 27.1 Å². The fraction of sp³-hybridized carbons (Fsp3) is 0.235. The molecule has 28 heavy (non-hydrogen) atoms. The van der Waals surface area contributed by atoms with Crippen LogP contribution in [0.4, 0.5) is 23.2 Å². The zero-order valence-electron chi connectivity index (χ0n) is 14.5. The third-order valence-corrected chi connectivity index (χ3v) is 3.96. The van der Waals surface area contributed by atoms with Crippen LogP contribution in [0.25, 0.3) is 0 Å². The Kier molecular flexibility index (Phi) is 5.08. The maximum Gasteiger partial charge on any atom is 0.333 e. The maximum absolute atomic E-state index is 14.4. The van der Waals surface area contributed by atoms with Gasteiger partial charge in [-0.25, -0.2) is 18.5 Å². The molecule has 2 heterocycles. The van der Waals surface area contributed by atoms with Gasteiger partial charge in [0.2, 0.25) is 0 Å². The molecule has 0 fully saturated rings. The molecule has 1 atom stereocenters. The van der Waals surface area contributed by atoms with Gasteiger partial charge in [-0.05, 0) is 37.3 Å². The monoisotopic (exact) mass is 397 g/mol. The number of allylic oxidation sites excluding steroid dienone is 1. The van der Waals surface area contributed by atoms with E-state index in [1.165, 1.54) is 25.1 Å². The number of hydrogen-bond acceptors (Lipinski definition) is 5. The summed E-state index contributed by atoms with van der Waals surface area (Å²) in [6.45, 7) is -2.35. The second kappa shape index (κ2) is 7.33. The number of carbonyl (C=O) groups excluding carboxylic acids is 1. The summed E-state index contributed by atoms with van der Waals surface area (Å²) in [5, 5.41) is 5.89. The molecule has 7 nitrogen and oxygen atoms in total. The molecule has 0 spiro atoms. The van der Waals surface area contributed by atoms with Crippen LogP contribution in [0.2, 0.25) is 0 Å². The highest BCUT2D eigenvalue weighted by Crippen LogP contribution is 2.35. The zero-order chi connectivity index (χ0) is 20.5. The first-order valence-electron chi connectivity index (χ1n) is 7.97. The Hall–Kier alpha value is -3.37. The lowest BCUT2D eigenvalue weighted by Crippen LogP contribution is -2.31. The van der Waals surface area contributed by atoms with Gasteiger partial charge < -0.3 is 15.8 Å². The fourth-order valence-corrected chi connectivity index (χ4v) is 2.72. The van der Waals surface area contributed by atoms with Crippen LogP contribution in [0.15, 0.2) is 47.3 Å². The van der Waals surface area contributed by atoms with Crippen LogP contribution in [-0.4, -0.2) is 28.4 Å². The number of aliphatic imine (C=N–C) groups is 1. The molecule has 2 aromatic rings. The van der Waals surface area contributed by atoms with E-state index in [1.54, 1.807) is 0 Å². The maximum atomic E-state index is 14.4. The number of rotatable bonds is 5. The number of carbonyl (C=O) groups is 1. The minimum Gasteiger partial charge on any atom is -0.428 e. The summed E-state index contributed by atoms with van der Waals surface area (Å²) < 4.78 is 57.8. The minimum atomic E-state index is -2.88. The smallest absolute Gasteiger partial charge is 0.333 e. The third-order valence-electron chi connectivity index (χ3n) is 3.96. The summed E-state index contributed by atoms with van der Waals surface area (Å²) in [6, 6.07) is 4.43. The van der Waals surface area contributed by atoms with E-state index in [2.05, 4.69) is 15.4 Å². The van der Waals surface area contributed by atoms with Gasteiger partial charge in [-0.15, -0.1) is 0 Å². The molecule has 11 heteroatoms. The highest BCUT2D eigenvalue weighted by molar-refractivity contribution is 6.02. The first-order chi connectivity index (χ1) is 13.2. The molecule has 0 radical (unpaired) electrons. The molecule has 3 N–H and O–H groups in total. The van der Waals surface area contributed by atoms with Crippen molar-refractivity contribution >= 4 is 17.6 Å². The summed E-state index contributed by atoms with van der Waals surface area (Å²) in [4.78, 5) is 16.2. The molecule has 1 aliphatic heterocycles. The Balaban J connectivity index is 1.90. The summed E-state index contributed by atoms with van der Waals surface area (Å²) in [5.41, 5.74) is 4.08. The van der Waals surface area contributed by atoms with Crippen molar-refractivity contribution in [3.63, 3.8) is 0 Å². The Morgan fingerprint density at radius 1 is 1.39 bits per heavy atom. The Bertz CT molecular complexity index is 972. The largest absolute Gasteiger partial charge is 0.428 e. The molecule has 1 amide bonds. The molecular formula is C17H15F4N5O2. The number of alkyl halides is 3. The van der Waals surface area contributed by atoms with Crippen LogP contribution in [0.5, 0.6) is 0 Å². The van der Waals surface area contributed by atoms with Crippen LogP contribution in [0.3, 0.4) is 0 Å². The normalized spacial score (nSPS) is 19.1. The number of amidine groups is 1. The number of aromatic nitrogens is 2. The summed E-state index contributed by atoms with van der Waals surface area (Å²) in [6.07, 6.45) is 2.23. The first-order valence-corrected chi connectivity index (χ1v) is 7.97. The van der Waals surface area contributed by atoms with Gasteiger partial charge in [-0.3, -0.25) is 4.79 Å². The molecule has 1 aromatic heterocycles. The van der Waals surface area contributed by atoms with E-state index in [0.29, 0.717) is 4.68 Å². The lowest BCUT2D eigenvalue weighted by Gasteiger charge is -2.28. The number of nitrogens with two attached hydrogens (primary N) is 1. The fourth-order valence-electron chi connectivity index (χ4n) is 2.72. The van der Waals surface area contributed by atoms with E-state index in [0.717, 1.165) is 18.3 Å². The third kappa shape index (κ3) is 3.82. The van der Waals surface area contributed by atoms with E-state index in [9.17, 15) is 22.4 Å². The Labute approximate surface area is 156 Å². The second-order valence-electron chi connectivity index (χ2n) is 6.05. The molecule has 148 valence electrons. The molecule has 1 aromatic carbocycles. The Morgan fingerprint density at radius 2 is 2.14 bits per heavy atom. The van der Waals surface area contributed by atoms with Crippen LogP contribution in [0, 0.1) is 5.82 Å². The van der Waals surface area contributed by atoms with Crippen molar-refractivity contribution in [2.75, 3.05) is 12.0 Å². The molecule has 1 aliphatic rings. The first kappa shape index (κ1) is 19.4. The molecular weight excluding hydrogens is 382 g/mol. The molecule has 0 aliphatic carbocycles. The van der Waals surface area contributed by atoms with Gasteiger partial charge in [0, 0.05) is 17.4 Å². The average Bonchev–Trinajstić information content (AvgIpc) is 3.13. The van der Waals surface area contributed by atoms with Crippen LogP contribution >= 0.6 is 0 Å². The lowest BCUT2D eigenvalue weighted by molar-refractivity contribution is 0.0561. The number of amides is 1. The van der Waals surface area contributed by atoms with Gasteiger partial charge in [0.05, 0.1) is 0 Å². The van der Waals surface area contributed by atoms with Gasteiger partial charge in [-0.2, -0.15) is 13.9 Å². The van der Waals surface area contributed by atoms with Crippen molar-refractivity contribution in [1.82, 2.24) is 9.78 Å². The predicted octanol–water partition coefficient (Wildman–Crippen LogP) is 3.08.